The van der Waals surface area contributed by atoms with Crippen LogP contribution in [0.1, 0.15) is 25.0 Å². The molecule has 1 rings (SSSR count). The van der Waals surface area contributed by atoms with Gasteiger partial charge in [-0.05, 0) is 50.5 Å². The second-order valence-electron chi connectivity index (χ2n) is 4.28. The van der Waals surface area contributed by atoms with Crippen LogP contribution in [0.4, 0.5) is 0 Å². The summed E-state index contributed by atoms with van der Waals surface area (Å²) >= 11 is 0. The Morgan fingerprint density at radius 2 is 2.00 bits per heavy atom. The maximum atomic E-state index is 9.20. The Labute approximate surface area is 79.4 Å². The Morgan fingerprint density at radius 1 is 1.38 bits per heavy atom. The van der Waals surface area contributed by atoms with E-state index in [1.54, 1.807) is 12.1 Å². The van der Waals surface area contributed by atoms with E-state index in [0.29, 0.717) is 5.75 Å². The van der Waals surface area contributed by atoms with E-state index in [1.807, 2.05) is 26.8 Å². The zero-order chi connectivity index (χ0) is 10.1. The third-order valence-electron chi connectivity index (χ3n) is 1.97. The molecule has 0 fully saturated rings. The van der Waals surface area contributed by atoms with Gasteiger partial charge in [-0.25, -0.2) is 0 Å². The maximum Gasteiger partial charge on any atom is 0.115 e. The minimum absolute atomic E-state index is 0.193. The SMILES string of the molecule is Cc1cc(O)ccc1CC(C)(C)N. The van der Waals surface area contributed by atoms with E-state index >= 15 is 0 Å². The second kappa shape index (κ2) is 3.38. The van der Waals surface area contributed by atoms with Crippen molar-refractivity contribution < 1.29 is 5.11 Å². The summed E-state index contributed by atoms with van der Waals surface area (Å²) in [6, 6.07) is 5.40. The van der Waals surface area contributed by atoms with Gasteiger partial charge in [0.15, 0.2) is 0 Å². The molecular weight excluding hydrogens is 162 g/mol. The number of hydrogen-bond acceptors (Lipinski definition) is 2. The normalized spacial score (nSPS) is 11.7. The molecule has 3 N–H and O–H groups in total. The van der Waals surface area contributed by atoms with Gasteiger partial charge >= 0.3 is 0 Å². The summed E-state index contributed by atoms with van der Waals surface area (Å²) in [5.41, 5.74) is 8.01. The van der Waals surface area contributed by atoms with Gasteiger partial charge in [-0.2, -0.15) is 0 Å². The molecule has 1 aromatic carbocycles. The minimum atomic E-state index is -0.193. The predicted molar refractivity (Wildman–Crippen MR) is 54.8 cm³/mol. The lowest BCUT2D eigenvalue weighted by atomic mass is 9.93. The van der Waals surface area contributed by atoms with Crippen LogP contribution in [-0.4, -0.2) is 10.6 Å². The molecule has 0 aromatic heterocycles. The fourth-order valence-corrected chi connectivity index (χ4v) is 1.37. The highest BCUT2D eigenvalue weighted by molar-refractivity contribution is 5.34. The molecule has 0 bridgehead atoms. The molecule has 0 atom stereocenters. The van der Waals surface area contributed by atoms with E-state index in [-0.39, 0.29) is 5.54 Å². The highest BCUT2D eigenvalue weighted by Gasteiger charge is 2.12. The Balaban J connectivity index is 2.90. The van der Waals surface area contributed by atoms with Crippen molar-refractivity contribution in [2.45, 2.75) is 32.7 Å². The molecule has 0 saturated heterocycles. The maximum absolute atomic E-state index is 9.20. The molecule has 0 saturated carbocycles. The van der Waals surface area contributed by atoms with Crippen LogP contribution in [0, 0.1) is 6.92 Å². The van der Waals surface area contributed by atoms with E-state index in [0.717, 1.165) is 12.0 Å². The first kappa shape index (κ1) is 10.1. The van der Waals surface area contributed by atoms with Crippen LogP contribution in [0.3, 0.4) is 0 Å². The van der Waals surface area contributed by atoms with Gasteiger partial charge in [0.25, 0.3) is 0 Å². The lowest BCUT2D eigenvalue weighted by Crippen LogP contribution is -2.34. The van der Waals surface area contributed by atoms with Crippen molar-refractivity contribution in [3.63, 3.8) is 0 Å². The van der Waals surface area contributed by atoms with Crippen molar-refractivity contribution in [3.8, 4) is 5.75 Å². The summed E-state index contributed by atoms with van der Waals surface area (Å²) in [5.74, 6) is 0.316. The van der Waals surface area contributed by atoms with Gasteiger partial charge in [-0.3, -0.25) is 0 Å². The molecule has 0 amide bonds. The number of benzene rings is 1. The molecule has 1 aromatic rings. The van der Waals surface area contributed by atoms with Gasteiger partial charge in [0.1, 0.15) is 5.75 Å². The van der Waals surface area contributed by atoms with E-state index in [1.165, 1.54) is 5.56 Å². The molecule has 0 heterocycles. The molecule has 0 aliphatic rings. The molecule has 2 heteroatoms. The number of rotatable bonds is 2. The molecule has 0 radical (unpaired) electrons. The number of aromatic hydroxyl groups is 1. The van der Waals surface area contributed by atoms with E-state index in [2.05, 4.69) is 0 Å². The van der Waals surface area contributed by atoms with Crippen LogP contribution in [-0.2, 0) is 6.42 Å². The third-order valence-corrected chi connectivity index (χ3v) is 1.97. The van der Waals surface area contributed by atoms with Crippen LogP contribution in [0.25, 0.3) is 0 Å². The first-order valence-corrected chi connectivity index (χ1v) is 4.46. The molecule has 13 heavy (non-hydrogen) atoms. The summed E-state index contributed by atoms with van der Waals surface area (Å²) in [6.45, 7) is 5.99. The van der Waals surface area contributed by atoms with Gasteiger partial charge in [0, 0.05) is 5.54 Å². The average molecular weight is 179 g/mol. The molecule has 0 aliphatic heterocycles. The first-order chi connectivity index (χ1) is 5.88. The van der Waals surface area contributed by atoms with Gasteiger partial charge in [0.05, 0.1) is 0 Å². The van der Waals surface area contributed by atoms with E-state index in [9.17, 15) is 5.11 Å². The first-order valence-electron chi connectivity index (χ1n) is 4.46. The molecule has 0 unspecified atom stereocenters. The highest BCUT2D eigenvalue weighted by Crippen LogP contribution is 2.19. The van der Waals surface area contributed by atoms with E-state index < -0.39 is 0 Å². The molecule has 2 nitrogen and oxygen atoms in total. The van der Waals surface area contributed by atoms with Crippen LogP contribution in [0.2, 0.25) is 0 Å². The van der Waals surface area contributed by atoms with Crippen molar-refractivity contribution >= 4 is 0 Å². The number of phenols is 1. The van der Waals surface area contributed by atoms with Crippen molar-refractivity contribution in [2.24, 2.45) is 5.73 Å². The molecule has 0 aliphatic carbocycles. The zero-order valence-corrected chi connectivity index (χ0v) is 8.46. The quantitative estimate of drug-likeness (QED) is 0.729. The van der Waals surface area contributed by atoms with Crippen molar-refractivity contribution in [1.29, 1.82) is 0 Å². The van der Waals surface area contributed by atoms with Crippen molar-refractivity contribution in [1.82, 2.24) is 0 Å². The fourth-order valence-electron chi connectivity index (χ4n) is 1.37. The van der Waals surface area contributed by atoms with Gasteiger partial charge in [0.2, 0.25) is 0 Å². The summed E-state index contributed by atoms with van der Waals surface area (Å²) in [5, 5.41) is 9.20. The number of phenolic OH excluding ortho intramolecular Hbond substituents is 1. The zero-order valence-electron chi connectivity index (χ0n) is 8.46. The van der Waals surface area contributed by atoms with Gasteiger partial charge in [-0.1, -0.05) is 6.07 Å². The second-order valence-corrected chi connectivity index (χ2v) is 4.28. The number of aryl methyl sites for hydroxylation is 1. The van der Waals surface area contributed by atoms with E-state index in [4.69, 9.17) is 5.73 Å². The lowest BCUT2D eigenvalue weighted by Gasteiger charge is -2.19. The summed E-state index contributed by atoms with van der Waals surface area (Å²) in [7, 11) is 0. The predicted octanol–water partition coefficient (Wildman–Crippen LogP) is 1.98. The highest BCUT2D eigenvalue weighted by atomic mass is 16.3. The largest absolute Gasteiger partial charge is 0.508 e. The van der Waals surface area contributed by atoms with Gasteiger partial charge in [-0.15, -0.1) is 0 Å². The van der Waals surface area contributed by atoms with Crippen LogP contribution in [0.5, 0.6) is 5.75 Å². The van der Waals surface area contributed by atoms with Crippen LogP contribution in [0.15, 0.2) is 18.2 Å². The minimum Gasteiger partial charge on any atom is -0.508 e. The standard InChI is InChI=1S/C11H17NO/c1-8-6-10(13)5-4-9(8)7-11(2,3)12/h4-6,13H,7,12H2,1-3H3. The Hall–Kier alpha value is -1.02. The lowest BCUT2D eigenvalue weighted by molar-refractivity contribution is 0.473. The molecular formula is C11H17NO. The fraction of sp³-hybridized carbons (Fsp3) is 0.455. The third kappa shape index (κ3) is 3.07. The average Bonchev–Trinajstić information content (AvgIpc) is 1.93. The van der Waals surface area contributed by atoms with Crippen molar-refractivity contribution in [3.05, 3.63) is 29.3 Å². The van der Waals surface area contributed by atoms with Crippen LogP contribution < -0.4 is 5.73 Å². The number of hydrogen-bond donors (Lipinski definition) is 2. The Kier molecular flexibility index (Phi) is 2.62. The Bertz CT molecular complexity index is 299. The van der Waals surface area contributed by atoms with Gasteiger partial charge < -0.3 is 10.8 Å². The topological polar surface area (TPSA) is 46.2 Å². The Morgan fingerprint density at radius 3 is 2.46 bits per heavy atom. The molecule has 0 spiro atoms. The monoisotopic (exact) mass is 179 g/mol. The smallest absolute Gasteiger partial charge is 0.115 e. The van der Waals surface area contributed by atoms with Crippen molar-refractivity contribution in [2.75, 3.05) is 0 Å². The molecule has 72 valence electrons. The van der Waals surface area contributed by atoms with Crippen LogP contribution >= 0.6 is 0 Å². The summed E-state index contributed by atoms with van der Waals surface area (Å²) < 4.78 is 0. The summed E-state index contributed by atoms with van der Waals surface area (Å²) in [6.07, 6.45) is 0.832. The number of nitrogens with two attached hydrogens (primary N) is 1. The summed E-state index contributed by atoms with van der Waals surface area (Å²) in [4.78, 5) is 0.